The van der Waals surface area contributed by atoms with Crippen molar-refractivity contribution in [1.29, 1.82) is 0 Å². The van der Waals surface area contributed by atoms with Gasteiger partial charge in [0.25, 0.3) is 0 Å². The lowest BCUT2D eigenvalue weighted by Gasteiger charge is -2.15. The number of nitrogens with zero attached hydrogens (tertiary/aromatic N) is 1. The van der Waals surface area contributed by atoms with Crippen molar-refractivity contribution in [3.63, 3.8) is 0 Å². The van der Waals surface area contributed by atoms with Crippen molar-refractivity contribution in [2.24, 2.45) is 0 Å². The van der Waals surface area contributed by atoms with E-state index in [-0.39, 0.29) is 18.0 Å². The molecule has 0 fully saturated rings. The Morgan fingerprint density at radius 1 is 1.53 bits per heavy atom. The minimum atomic E-state index is -3.59. The summed E-state index contributed by atoms with van der Waals surface area (Å²) in [5, 5.41) is 8.94. The van der Waals surface area contributed by atoms with Crippen LogP contribution < -0.4 is 0 Å². The summed E-state index contributed by atoms with van der Waals surface area (Å²) < 4.78 is 25.7. The summed E-state index contributed by atoms with van der Waals surface area (Å²) >= 11 is 3.17. The Labute approximate surface area is 109 Å². The summed E-state index contributed by atoms with van der Waals surface area (Å²) in [5.74, 6) is 2.28. The first-order chi connectivity index (χ1) is 7.93. The predicted molar refractivity (Wildman–Crippen MR) is 68.7 cm³/mol. The van der Waals surface area contributed by atoms with Crippen molar-refractivity contribution in [2.75, 3.05) is 13.6 Å². The maximum Gasteiger partial charge on any atom is 0.244 e. The molecule has 0 atom stereocenters. The molecule has 0 radical (unpaired) electrons. The average molecular weight is 318 g/mol. The van der Waals surface area contributed by atoms with Gasteiger partial charge in [0.1, 0.15) is 0 Å². The Hall–Kier alpha value is -0.870. The third-order valence-corrected chi connectivity index (χ3v) is 4.96. The van der Waals surface area contributed by atoms with Gasteiger partial charge < -0.3 is 5.11 Å². The molecule has 0 aliphatic carbocycles. The van der Waals surface area contributed by atoms with E-state index in [2.05, 4.69) is 21.9 Å². The number of sulfonamides is 1. The van der Waals surface area contributed by atoms with Crippen molar-refractivity contribution in [3.8, 4) is 12.3 Å². The molecule has 1 aromatic carbocycles. The zero-order valence-corrected chi connectivity index (χ0v) is 11.6. The Bertz CT molecular complexity index is 548. The summed E-state index contributed by atoms with van der Waals surface area (Å²) in [4.78, 5) is 0.132. The molecule has 1 N–H and O–H groups in total. The van der Waals surface area contributed by atoms with Crippen LogP contribution >= 0.6 is 15.9 Å². The highest BCUT2D eigenvalue weighted by atomic mass is 79.9. The second kappa shape index (κ2) is 5.65. The molecule has 17 heavy (non-hydrogen) atoms. The Kier molecular flexibility index (Phi) is 4.71. The van der Waals surface area contributed by atoms with E-state index in [0.717, 1.165) is 4.31 Å². The number of halogens is 1. The van der Waals surface area contributed by atoms with Crippen LogP contribution in [0.1, 0.15) is 5.56 Å². The van der Waals surface area contributed by atoms with E-state index in [0.29, 0.717) is 10.0 Å². The fraction of sp³-hybridized carbons (Fsp3) is 0.273. The van der Waals surface area contributed by atoms with E-state index in [4.69, 9.17) is 11.5 Å². The molecule has 1 rings (SSSR count). The quantitative estimate of drug-likeness (QED) is 0.849. The summed E-state index contributed by atoms with van der Waals surface area (Å²) in [7, 11) is -2.18. The number of rotatable bonds is 4. The van der Waals surface area contributed by atoms with Crippen molar-refractivity contribution in [2.45, 2.75) is 11.5 Å². The standard InChI is InChI=1S/C11H12BrNO3S/c1-3-6-13(2)17(15,16)11-5-4-9(8-14)7-10(11)12/h1,4-5,7,14H,6,8H2,2H3. The van der Waals surface area contributed by atoms with Crippen molar-refractivity contribution >= 4 is 26.0 Å². The SMILES string of the molecule is C#CCN(C)S(=O)(=O)c1ccc(CO)cc1Br. The smallest absolute Gasteiger partial charge is 0.244 e. The molecule has 0 unspecified atom stereocenters. The van der Waals surface area contributed by atoms with Gasteiger partial charge in [0, 0.05) is 11.5 Å². The monoisotopic (exact) mass is 317 g/mol. The van der Waals surface area contributed by atoms with Crippen LogP contribution in [-0.2, 0) is 16.6 Å². The zero-order valence-electron chi connectivity index (χ0n) is 9.22. The number of aliphatic hydroxyl groups is 1. The zero-order chi connectivity index (χ0) is 13.1. The van der Waals surface area contributed by atoms with Gasteiger partial charge in [0.2, 0.25) is 10.0 Å². The second-order valence-electron chi connectivity index (χ2n) is 3.39. The van der Waals surface area contributed by atoms with Gasteiger partial charge in [-0.3, -0.25) is 0 Å². The van der Waals surface area contributed by atoms with Crippen LogP contribution in [0.25, 0.3) is 0 Å². The first kappa shape index (κ1) is 14.2. The van der Waals surface area contributed by atoms with E-state index in [1.807, 2.05) is 0 Å². The van der Waals surface area contributed by atoms with Crippen molar-refractivity contribution in [1.82, 2.24) is 4.31 Å². The fourth-order valence-electron chi connectivity index (χ4n) is 1.23. The van der Waals surface area contributed by atoms with Gasteiger partial charge in [-0.25, -0.2) is 8.42 Å². The first-order valence-electron chi connectivity index (χ1n) is 4.72. The molecule has 0 spiro atoms. The summed E-state index contributed by atoms with van der Waals surface area (Å²) in [5.41, 5.74) is 0.635. The van der Waals surface area contributed by atoms with Crippen molar-refractivity contribution in [3.05, 3.63) is 28.2 Å². The highest BCUT2D eigenvalue weighted by molar-refractivity contribution is 9.10. The van der Waals surface area contributed by atoms with Crippen LogP contribution in [-0.4, -0.2) is 31.4 Å². The highest BCUT2D eigenvalue weighted by Gasteiger charge is 2.22. The van der Waals surface area contributed by atoms with E-state index in [1.165, 1.54) is 13.1 Å². The number of terminal acetylenes is 1. The Morgan fingerprint density at radius 2 is 2.18 bits per heavy atom. The normalized spacial score (nSPS) is 11.5. The van der Waals surface area contributed by atoms with Gasteiger partial charge in [-0.2, -0.15) is 4.31 Å². The maximum absolute atomic E-state index is 12.1. The topological polar surface area (TPSA) is 57.6 Å². The third kappa shape index (κ3) is 3.07. The van der Waals surface area contributed by atoms with Crippen LogP contribution in [0, 0.1) is 12.3 Å². The lowest BCUT2D eigenvalue weighted by molar-refractivity contribution is 0.281. The molecule has 0 aliphatic rings. The van der Waals surface area contributed by atoms with Crippen molar-refractivity contribution < 1.29 is 13.5 Å². The van der Waals surface area contributed by atoms with E-state index < -0.39 is 10.0 Å². The van der Waals surface area contributed by atoms with E-state index in [9.17, 15) is 8.42 Å². The molecule has 0 bridgehead atoms. The fourth-order valence-corrected chi connectivity index (χ4v) is 3.40. The molecule has 92 valence electrons. The minimum Gasteiger partial charge on any atom is -0.392 e. The van der Waals surface area contributed by atoms with E-state index >= 15 is 0 Å². The van der Waals surface area contributed by atoms with Gasteiger partial charge in [0.15, 0.2) is 0 Å². The maximum atomic E-state index is 12.1. The molecular formula is C11H12BrNO3S. The molecule has 0 saturated carbocycles. The number of hydrogen-bond donors (Lipinski definition) is 1. The molecule has 0 aliphatic heterocycles. The second-order valence-corrected chi connectivity index (χ2v) is 6.26. The summed E-state index contributed by atoms with van der Waals surface area (Å²) in [6.45, 7) is -0.129. The van der Waals surface area contributed by atoms with Gasteiger partial charge in [0.05, 0.1) is 18.0 Å². The lowest BCUT2D eigenvalue weighted by atomic mass is 10.2. The Balaban J connectivity index is 3.21. The summed E-state index contributed by atoms with van der Waals surface area (Å²) in [6.07, 6.45) is 5.09. The van der Waals surface area contributed by atoms with Gasteiger partial charge >= 0.3 is 0 Å². The molecule has 0 aromatic heterocycles. The molecule has 0 saturated heterocycles. The van der Waals surface area contributed by atoms with Gasteiger partial charge in [-0.15, -0.1) is 6.42 Å². The van der Waals surface area contributed by atoms with Crippen LogP contribution in [0.2, 0.25) is 0 Å². The molecule has 0 heterocycles. The Morgan fingerprint density at radius 3 is 2.65 bits per heavy atom. The van der Waals surface area contributed by atoms with Gasteiger partial charge in [-0.05, 0) is 33.6 Å². The number of benzene rings is 1. The van der Waals surface area contributed by atoms with Crippen LogP contribution in [0.15, 0.2) is 27.6 Å². The molecular weight excluding hydrogens is 306 g/mol. The third-order valence-electron chi connectivity index (χ3n) is 2.18. The van der Waals surface area contributed by atoms with Crippen LogP contribution in [0.3, 0.4) is 0 Å². The molecule has 0 amide bonds. The molecule has 1 aromatic rings. The summed E-state index contributed by atoms with van der Waals surface area (Å²) in [6, 6.07) is 4.57. The van der Waals surface area contributed by atoms with Crippen LogP contribution in [0.5, 0.6) is 0 Å². The molecule has 4 nitrogen and oxygen atoms in total. The largest absolute Gasteiger partial charge is 0.392 e. The van der Waals surface area contributed by atoms with Crippen LogP contribution in [0.4, 0.5) is 0 Å². The number of aliphatic hydroxyl groups excluding tert-OH is 1. The van der Waals surface area contributed by atoms with Gasteiger partial charge in [-0.1, -0.05) is 12.0 Å². The lowest BCUT2D eigenvalue weighted by Crippen LogP contribution is -2.27. The average Bonchev–Trinajstić information content (AvgIpc) is 2.28. The first-order valence-corrected chi connectivity index (χ1v) is 6.96. The highest BCUT2D eigenvalue weighted by Crippen LogP contribution is 2.25. The van der Waals surface area contributed by atoms with E-state index in [1.54, 1.807) is 12.1 Å². The number of hydrogen-bond acceptors (Lipinski definition) is 3. The molecule has 6 heteroatoms. The minimum absolute atomic E-state index is 0.0104. The predicted octanol–water partition coefficient (Wildman–Crippen LogP) is 1.20.